The number of carbonyl (C=O) groups is 7. The van der Waals surface area contributed by atoms with Gasteiger partial charge in [-0.15, -0.1) is 0 Å². The van der Waals surface area contributed by atoms with Crippen molar-refractivity contribution < 1.29 is 48.9 Å². The van der Waals surface area contributed by atoms with Gasteiger partial charge in [0.2, 0.25) is 23.6 Å². The van der Waals surface area contributed by atoms with Crippen molar-refractivity contribution in [1.29, 1.82) is 0 Å². The van der Waals surface area contributed by atoms with Crippen LogP contribution in [0, 0.1) is 0 Å². The molecule has 32 heavy (non-hydrogen) atoms. The molecule has 4 atom stereocenters. The minimum atomic E-state index is -1.65. The number of nitrogens with two attached hydrogens (primary N) is 2. The number of thiol groups is 1. The fourth-order valence-corrected chi connectivity index (χ4v) is 2.49. The van der Waals surface area contributed by atoms with Crippen molar-refractivity contribution in [2.24, 2.45) is 11.5 Å². The summed E-state index contributed by atoms with van der Waals surface area (Å²) in [6, 6.07) is -6.15. The van der Waals surface area contributed by atoms with Crippen LogP contribution in [0.15, 0.2) is 0 Å². The van der Waals surface area contributed by atoms with Crippen molar-refractivity contribution in [2.45, 2.75) is 49.9 Å². The van der Waals surface area contributed by atoms with Crippen LogP contribution in [0.4, 0.5) is 0 Å². The Kier molecular flexibility index (Phi) is 12.3. The van der Waals surface area contributed by atoms with Gasteiger partial charge in [-0.2, -0.15) is 12.6 Å². The number of aliphatic carboxylic acids is 3. The standard InChI is InChI=1S/C16H25N5O10S/c17-6(3-12(25)26)13(27)21-9(5-32)15(29)20-8(4-10(18)22)14(28)19-7(16(30)31)1-2-11(23)24/h6-9,32H,1-5,17H2,(H2,18,22)(H,19,28)(H,20,29)(H,21,27)(H,23,24)(H,25,26)(H,30,31). The average molecular weight is 479 g/mol. The molecule has 4 amide bonds. The fourth-order valence-electron chi connectivity index (χ4n) is 2.23. The van der Waals surface area contributed by atoms with Gasteiger partial charge < -0.3 is 42.7 Å². The molecule has 0 aromatic rings. The maximum Gasteiger partial charge on any atom is 0.326 e. The van der Waals surface area contributed by atoms with E-state index in [1.165, 1.54) is 0 Å². The van der Waals surface area contributed by atoms with E-state index in [9.17, 15) is 33.6 Å². The lowest BCUT2D eigenvalue weighted by Crippen LogP contribution is -2.58. The number of amides is 4. The predicted molar refractivity (Wildman–Crippen MR) is 108 cm³/mol. The van der Waals surface area contributed by atoms with Gasteiger partial charge in [-0.05, 0) is 6.42 Å². The number of primary amides is 1. The average Bonchev–Trinajstić information content (AvgIpc) is 2.66. The largest absolute Gasteiger partial charge is 0.481 e. The van der Waals surface area contributed by atoms with Crippen molar-refractivity contribution >= 4 is 54.2 Å². The first-order chi connectivity index (χ1) is 14.8. The first kappa shape index (κ1) is 28.6. The Labute approximate surface area is 186 Å². The molecule has 0 radical (unpaired) electrons. The van der Waals surface area contributed by atoms with Crippen LogP contribution in [0.1, 0.15) is 25.7 Å². The van der Waals surface area contributed by atoms with E-state index >= 15 is 0 Å². The third-order valence-corrected chi connectivity index (χ3v) is 4.21. The lowest BCUT2D eigenvalue weighted by atomic mass is 10.1. The maximum atomic E-state index is 12.4. The SMILES string of the molecule is NC(=O)CC(NC(=O)C(CS)NC(=O)C(N)CC(=O)O)C(=O)NC(CCC(=O)O)C(=O)O. The summed E-state index contributed by atoms with van der Waals surface area (Å²) in [5, 5.41) is 32.7. The molecule has 0 aromatic heterocycles. The molecular formula is C16H25N5O10S. The zero-order valence-electron chi connectivity index (χ0n) is 16.6. The second-order valence-corrected chi connectivity index (χ2v) is 6.88. The van der Waals surface area contributed by atoms with Crippen LogP contribution in [-0.4, -0.2) is 86.8 Å². The van der Waals surface area contributed by atoms with Gasteiger partial charge in [0.25, 0.3) is 0 Å². The van der Waals surface area contributed by atoms with Crippen LogP contribution < -0.4 is 27.4 Å². The van der Waals surface area contributed by atoms with Gasteiger partial charge in [0.15, 0.2) is 0 Å². The monoisotopic (exact) mass is 479 g/mol. The van der Waals surface area contributed by atoms with Crippen LogP contribution in [0.2, 0.25) is 0 Å². The molecule has 0 bridgehead atoms. The highest BCUT2D eigenvalue weighted by Crippen LogP contribution is 2.02. The summed E-state index contributed by atoms with van der Waals surface area (Å²) in [5.41, 5.74) is 10.4. The van der Waals surface area contributed by atoms with Gasteiger partial charge in [-0.1, -0.05) is 0 Å². The molecular weight excluding hydrogens is 454 g/mol. The number of nitrogens with one attached hydrogen (secondary N) is 3. The molecule has 0 spiro atoms. The molecule has 0 aromatic carbocycles. The smallest absolute Gasteiger partial charge is 0.326 e. The molecule has 0 aliphatic carbocycles. The van der Waals surface area contributed by atoms with E-state index in [-0.39, 0.29) is 5.75 Å². The van der Waals surface area contributed by atoms with Crippen LogP contribution in [-0.2, 0) is 33.6 Å². The third kappa shape index (κ3) is 11.1. The van der Waals surface area contributed by atoms with Crippen molar-refractivity contribution in [3.05, 3.63) is 0 Å². The van der Waals surface area contributed by atoms with Gasteiger partial charge in [-0.25, -0.2) is 4.79 Å². The first-order valence-corrected chi connectivity index (χ1v) is 9.63. The van der Waals surface area contributed by atoms with Crippen molar-refractivity contribution in [2.75, 3.05) is 5.75 Å². The highest BCUT2D eigenvalue weighted by atomic mass is 32.1. The summed E-state index contributed by atoms with van der Waals surface area (Å²) in [5.74, 6) is -8.68. The molecule has 0 aliphatic rings. The maximum absolute atomic E-state index is 12.4. The minimum absolute atomic E-state index is 0.307. The lowest BCUT2D eigenvalue weighted by Gasteiger charge is -2.23. The molecule has 0 saturated heterocycles. The summed E-state index contributed by atoms with van der Waals surface area (Å²) in [7, 11) is 0. The molecule has 15 nitrogen and oxygen atoms in total. The summed E-state index contributed by atoms with van der Waals surface area (Å²) in [4.78, 5) is 80.5. The molecule has 0 fully saturated rings. The number of rotatable bonds is 15. The first-order valence-electron chi connectivity index (χ1n) is 9.00. The van der Waals surface area contributed by atoms with E-state index in [0.717, 1.165) is 0 Å². The summed E-state index contributed by atoms with van der Waals surface area (Å²) in [6.07, 6.45) is -2.50. The summed E-state index contributed by atoms with van der Waals surface area (Å²) < 4.78 is 0. The Hall–Kier alpha value is -3.40. The van der Waals surface area contributed by atoms with Crippen molar-refractivity contribution in [3.8, 4) is 0 Å². The van der Waals surface area contributed by atoms with Crippen LogP contribution >= 0.6 is 12.6 Å². The molecule has 0 heterocycles. The molecule has 16 heteroatoms. The second-order valence-electron chi connectivity index (χ2n) is 6.51. The zero-order chi connectivity index (χ0) is 25.0. The number of hydrogen-bond donors (Lipinski definition) is 9. The van der Waals surface area contributed by atoms with Gasteiger partial charge in [0.1, 0.15) is 18.1 Å². The van der Waals surface area contributed by atoms with Crippen LogP contribution in [0.5, 0.6) is 0 Å². The normalized spacial score (nSPS) is 14.2. The van der Waals surface area contributed by atoms with Gasteiger partial charge in [0, 0.05) is 12.2 Å². The van der Waals surface area contributed by atoms with E-state index < -0.39 is 91.4 Å². The lowest BCUT2D eigenvalue weighted by molar-refractivity contribution is -0.143. The number of carbonyl (C=O) groups excluding carboxylic acids is 4. The predicted octanol–water partition coefficient (Wildman–Crippen LogP) is -4.00. The third-order valence-electron chi connectivity index (χ3n) is 3.85. The molecule has 10 N–H and O–H groups in total. The molecule has 0 rings (SSSR count). The minimum Gasteiger partial charge on any atom is -0.481 e. The molecule has 180 valence electrons. The van der Waals surface area contributed by atoms with E-state index in [2.05, 4.69) is 23.3 Å². The molecule has 0 saturated carbocycles. The summed E-state index contributed by atoms with van der Waals surface area (Å²) >= 11 is 3.88. The summed E-state index contributed by atoms with van der Waals surface area (Å²) in [6.45, 7) is 0. The molecule has 4 unspecified atom stereocenters. The van der Waals surface area contributed by atoms with Crippen LogP contribution in [0.3, 0.4) is 0 Å². The Morgan fingerprint density at radius 2 is 1.25 bits per heavy atom. The Morgan fingerprint density at radius 3 is 1.69 bits per heavy atom. The Morgan fingerprint density at radius 1 is 0.750 bits per heavy atom. The Bertz CT molecular complexity index is 761. The highest BCUT2D eigenvalue weighted by molar-refractivity contribution is 7.80. The van der Waals surface area contributed by atoms with Crippen molar-refractivity contribution in [1.82, 2.24) is 16.0 Å². The van der Waals surface area contributed by atoms with Crippen molar-refractivity contribution in [3.63, 3.8) is 0 Å². The van der Waals surface area contributed by atoms with Crippen LogP contribution in [0.25, 0.3) is 0 Å². The number of carboxylic acids is 3. The van der Waals surface area contributed by atoms with E-state index in [1.54, 1.807) is 0 Å². The van der Waals surface area contributed by atoms with Gasteiger partial charge in [-0.3, -0.25) is 28.8 Å². The topological polar surface area (TPSA) is 268 Å². The van der Waals surface area contributed by atoms with E-state index in [0.29, 0.717) is 0 Å². The zero-order valence-corrected chi connectivity index (χ0v) is 17.5. The number of hydrogen-bond acceptors (Lipinski definition) is 9. The van der Waals surface area contributed by atoms with E-state index in [1.807, 2.05) is 5.32 Å². The molecule has 0 aliphatic heterocycles. The van der Waals surface area contributed by atoms with Gasteiger partial charge in [0.05, 0.1) is 18.9 Å². The Balaban J connectivity index is 5.30. The van der Waals surface area contributed by atoms with E-state index in [4.69, 9.17) is 26.8 Å². The fraction of sp³-hybridized carbons (Fsp3) is 0.562. The highest BCUT2D eigenvalue weighted by Gasteiger charge is 2.31. The number of carboxylic acid groups (broad SMARTS) is 3. The second kappa shape index (κ2) is 13.8. The van der Waals surface area contributed by atoms with Gasteiger partial charge >= 0.3 is 17.9 Å². The quantitative estimate of drug-likeness (QED) is 0.102.